The van der Waals surface area contributed by atoms with Crippen molar-refractivity contribution in [1.29, 1.82) is 0 Å². The fourth-order valence-corrected chi connectivity index (χ4v) is 2.25. The van der Waals surface area contributed by atoms with Crippen LogP contribution in [-0.4, -0.2) is 25.1 Å². The molecule has 0 aliphatic carbocycles. The van der Waals surface area contributed by atoms with Crippen LogP contribution in [0.3, 0.4) is 0 Å². The zero-order valence-electron chi connectivity index (χ0n) is 13.9. The predicted molar refractivity (Wildman–Crippen MR) is 90.5 cm³/mol. The highest BCUT2D eigenvalue weighted by Gasteiger charge is 2.17. The summed E-state index contributed by atoms with van der Waals surface area (Å²) in [6, 6.07) is 14.4. The molecule has 2 rings (SSSR count). The second-order valence-corrected chi connectivity index (χ2v) is 5.39. The van der Waals surface area contributed by atoms with E-state index in [-0.39, 0.29) is 31.4 Å². The highest BCUT2D eigenvalue weighted by Crippen LogP contribution is 2.17. The van der Waals surface area contributed by atoms with E-state index in [1.54, 1.807) is 0 Å². The molecule has 1 atom stereocenters. The van der Waals surface area contributed by atoms with Crippen LogP contribution in [0.15, 0.2) is 54.6 Å². The number of halogens is 1. The van der Waals surface area contributed by atoms with Crippen LogP contribution in [0.4, 0.5) is 4.39 Å². The summed E-state index contributed by atoms with van der Waals surface area (Å²) in [6.07, 6.45) is 0.0279. The van der Waals surface area contributed by atoms with Gasteiger partial charge in [0.1, 0.15) is 24.8 Å². The molecule has 6 heteroatoms. The molecule has 1 amide bonds. The summed E-state index contributed by atoms with van der Waals surface area (Å²) in [6.45, 7) is 1.63. The Balaban J connectivity index is 1.78. The average Bonchev–Trinajstić information content (AvgIpc) is 2.60. The van der Waals surface area contributed by atoms with E-state index in [2.05, 4.69) is 5.32 Å². The Morgan fingerprint density at radius 2 is 1.72 bits per heavy atom. The minimum absolute atomic E-state index is 0.0279. The van der Waals surface area contributed by atoms with Gasteiger partial charge in [-0.05, 0) is 29.8 Å². The van der Waals surface area contributed by atoms with Crippen molar-refractivity contribution < 1.29 is 23.5 Å². The molecule has 0 aromatic heterocycles. The van der Waals surface area contributed by atoms with Crippen molar-refractivity contribution >= 4 is 11.9 Å². The van der Waals surface area contributed by atoms with Crippen LogP contribution >= 0.6 is 0 Å². The van der Waals surface area contributed by atoms with Crippen LogP contribution in [0.1, 0.15) is 24.9 Å². The quantitative estimate of drug-likeness (QED) is 0.590. The molecule has 0 aliphatic rings. The van der Waals surface area contributed by atoms with Gasteiger partial charge in [-0.3, -0.25) is 9.59 Å². The fraction of sp³-hybridized carbons (Fsp3) is 0.263. The van der Waals surface area contributed by atoms with Crippen LogP contribution in [0, 0.1) is 5.82 Å². The van der Waals surface area contributed by atoms with Crippen molar-refractivity contribution in [3.05, 3.63) is 66.0 Å². The molecule has 0 unspecified atom stereocenters. The Labute approximate surface area is 145 Å². The van der Waals surface area contributed by atoms with E-state index in [9.17, 15) is 14.0 Å². The molecule has 0 bridgehead atoms. The Morgan fingerprint density at radius 1 is 1.04 bits per heavy atom. The van der Waals surface area contributed by atoms with Crippen LogP contribution in [0.25, 0.3) is 0 Å². The number of hydrogen-bond acceptors (Lipinski definition) is 4. The lowest BCUT2D eigenvalue weighted by atomic mass is 10.0. The van der Waals surface area contributed by atoms with Gasteiger partial charge in [-0.15, -0.1) is 0 Å². The number of nitrogens with one attached hydrogen (secondary N) is 1. The summed E-state index contributed by atoms with van der Waals surface area (Å²) < 4.78 is 23.3. The Hall–Kier alpha value is -2.89. The van der Waals surface area contributed by atoms with Crippen molar-refractivity contribution in [3.8, 4) is 5.75 Å². The van der Waals surface area contributed by atoms with Crippen molar-refractivity contribution in [1.82, 2.24) is 5.32 Å². The summed E-state index contributed by atoms with van der Waals surface area (Å²) in [5.74, 6) is -0.506. The third-order valence-corrected chi connectivity index (χ3v) is 3.38. The largest absolute Gasteiger partial charge is 0.490 e. The second kappa shape index (κ2) is 9.42. The maximum Gasteiger partial charge on any atom is 0.308 e. The third-order valence-electron chi connectivity index (χ3n) is 3.38. The molecule has 2 aromatic rings. The summed E-state index contributed by atoms with van der Waals surface area (Å²) in [4.78, 5) is 23.3. The SMILES string of the molecule is CC(=O)N[C@H](CC(=O)OCCOc1ccc(F)cc1)c1ccccc1. The highest BCUT2D eigenvalue weighted by atomic mass is 19.1. The first-order chi connectivity index (χ1) is 12.0. The van der Waals surface area contributed by atoms with E-state index in [0.717, 1.165) is 5.56 Å². The van der Waals surface area contributed by atoms with E-state index >= 15 is 0 Å². The van der Waals surface area contributed by atoms with Gasteiger partial charge in [0.2, 0.25) is 5.91 Å². The van der Waals surface area contributed by atoms with Crippen LogP contribution in [0.2, 0.25) is 0 Å². The number of rotatable bonds is 8. The summed E-state index contributed by atoms with van der Waals surface area (Å²) in [7, 11) is 0. The van der Waals surface area contributed by atoms with E-state index < -0.39 is 12.0 Å². The third kappa shape index (κ3) is 6.63. The normalized spacial score (nSPS) is 11.4. The first kappa shape index (κ1) is 18.4. The molecule has 0 saturated carbocycles. The molecule has 132 valence electrons. The van der Waals surface area contributed by atoms with Gasteiger partial charge in [0.15, 0.2) is 0 Å². The van der Waals surface area contributed by atoms with Gasteiger partial charge < -0.3 is 14.8 Å². The molecule has 1 N–H and O–H groups in total. The van der Waals surface area contributed by atoms with E-state index in [4.69, 9.17) is 9.47 Å². The van der Waals surface area contributed by atoms with Crippen LogP contribution < -0.4 is 10.1 Å². The fourth-order valence-electron chi connectivity index (χ4n) is 2.25. The molecular weight excluding hydrogens is 325 g/mol. The minimum atomic E-state index is -0.441. The average molecular weight is 345 g/mol. The molecule has 0 spiro atoms. The molecule has 0 heterocycles. The van der Waals surface area contributed by atoms with Gasteiger partial charge in [0.25, 0.3) is 0 Å². The maximum atomic E-state index is 12.8. The van der Waals surface area contributed by atoms with Gasteiger partial charge in [-0.25, -0.2) is 4.39 Å². The topological polar surface area (TPSA) is 64.6 Å². The lowest BCUT2D eigenvalue weighted by molar-refractivity contribution is -0.145. The number of hydrogen-bond donors (Lipinski definition) is 1. The molecule has 0 saturated heterocycles. The first-order valence-corrected chi connectivity index (χ1v) is 7.90. The Kier molecular flexibility index (Phi) is 6.95. The summed E-state index contributed by atoms with van der Waals surface area (Å²) >= 11 is 0. The first-order valence-electron chi connectivity index (χ1n) is 7.90. The smallest absolute Gasteiger partial charge is 0.308 e. The molecule has 2 aromatic carbocycles. The predicted octanol–water partition coefficient (Wildman–Crippen LogP) is 3.02. The molecule has 0 aliphatic heterocycles. The minimum Gasteiger partial charge on any atom is -0.490 e. The number of amides is 1. The Morgan fingerprint density at radius 3 is 2.36 bits per heavy atom. The zero-order chi connectivity index (χ0) is 18.1. The number of benzene rings is 2. The highest BCUT2D eigenvalue weighted by molar-refractivity contribution is 5.76. The molecule has 25 heavy (non-hydrogen) atoms. The van der Waals surface area contributed by atoms with Crippen molar-refractivity contribution in [2.45, 2.75) is 19.4 Å². The lowest BCUT2D eigenvalue weighted by Crippen LogP contribution is -2.28. The van der Waals surface area contributed by atoms with E-state index in [0.29, 0.717) is 5.75 Å². The van der Waals surface area contributed by atoms with Crippen LogP contribution in [-0.2, 0) is 14.3 Å². The molecule has 5 nitrogen and oxygen atoms in total. The van der Waals surface area contributed by atoms with Crippen molar-refractivity contribution in [2.24, 2.45) is 0 Å². The number of ether oxygens (including phenoxy) is 2. The Bertz CT molecular complexity index is 688. The molecule has 0 fully saturated rings. The van der Waals surface area contributed by atoms with Crippen LogP contribution in [0.5, 0.6) is 5.75 Å². The van der Waals surface area contributed by atoms with E-state index in [1.165, 1.54) is 31.2 Å². The summed E-state index contributed by atoms with van der Waals surface area (Å²) in [5, 5.41) is 2.74. The van der Waals surface area contributed by atoms with E-state index in [1.807, 2.05) is 30.3 Å². The van der Waals surface area contributed by atoms with Gasteiger partial charge in [-0.1, -0.05) is 30.3 Å². The molecule has 0 radical (unpaired) electrons. The monoisotopic (exact) mass is 345 g/mol. The number of carbonyl (C=O) groups excluding carboxylic acids is 2. The maximum absolute atomic E-state index is 12.8. The molecular formula is C19H20FNO4. The standard InChI is InChI=1S/C19H20FNO4/c1-14(22)21-18(15-5-3-2-4-6-15)13-19(23)25-12-11-24-17-9-7-16(20)8-10-17/h2-10,18H,11-13H2,1H3,(H,21,22)/t18-/m1/s1. The lowest BCUT2D eigenvalue weighted by Gasteiger charge is -2.17. The van der Waals surface area contributed by atoms with Gasteiger partial charge in [0, 0.05) is 6.92 Å². The van der Waals surface area contributed by atoms with Gasteiger partial charge >= 0.3 is 5.97 Å². The second-order valence-electron chi connectivity index (χ2n) is 5.39. The van der Waals surface area contributed by atoms with Gasteiger partial charge in [-0.2, -0.15) is 0 Å². The number of carbonyl (C=O) groups is 2. The zero-order valence-corrected chi connectivity index (χ0v) is 13.9. The summed E-state index contributed by atoms with van der Waals surface area (Å²) in [5.41, 5.74) is 0.831. The van der Waals surface area contributed by atoms with Crippen molar-refractivity contribution in [3.63, 3.8) is 0 Å². The van der Waals surface area contributed by atoms with Gasteiger partial charge in [0.05, 0.1) is 12.5 Å². The number of esters is 1. The van der Waals surface area contributed by atoms with Crippen molar-refractivity contribution in [2.75, 3.05) is 13.2 Å².